The third kappa shape index (κ3) is 6.45. The molecule has 0 fully saturated rings. The van der Waals surface area contributed by atoms with Crippen LogP contribution in [0, 0.1) is 20.8 Å². The van der Waals surface area contributed by atoms with Gasteiger partial charge >= 0.3 is 0 Å². The molecule has 2 rings (SSSR count). The Morgan fingerprint density at radius 3 is 2.17 bits per heavy atom. The van der Waals surface area contributed by atoms with E-state index in [1.807, 2.05) is 71.9 Å². The molecule has 2 aromatic carbocycles. The highest BCUT2D eigenvalue weighted by molar-refractivity contribution is 5.88. The van der Waals surface area contributed by atoms with Crippen LogP contribution in [0.3, 0.4) is 0 Å². The molecule has 0 bridgehead atoms. The predicted molar refractivity (Wildman–Crippen MR) is 119 cm³/mol. The zero-order chi connectivity index (χ0) is 21.6. The number of hydrogen-bond donors (Lipinski definition) is 1. The van der Waals surface area contributed by atoms with Crippen molar-refractivity contribution in [1.29, 1.82) is 0 Å². The molecule has 0 aliphatic carbocycles. The largest absolute Gasteiger partial charge is 0.352 e. The standard InChI is InChI=1S/C25H34N2O2/c1-7-23(25(29)26-17(2)3)27(16-21-12-9-18(4)10-13-21)24(28)15-22-14-19(5)8-11-20(22)6/h8-14,17,23H,7,15-16H2,1-6H3,(H,26,29)/t23-/m0/s1. The van der Waals surface area contributed by atoms with Crippen molar-refractivity contribution in [3.8, 4) is 0 Å². The molecule has 0 aliphatic rings. The summed E-state index contributed by atoms with van der Waals surface area (Å²) in [7, 11) is 0. The van der Waals surface area contributed by atoms with Crippen molar-refractivity contribution in [3.05, 3.63) is 70.3 Å². The number of rotatable bonds is 8. The van der Waals surface area contributed by atoms with Gasteiger partial charge in [0.15, 0.2) is 0 Å². The fourth-order valence-corrected chi connectivity index (χ4v) is 3.45. The van der Waals surface area contributed by atoms with E-state index in [-0.39, 0.29) is 17.9 Å². The van der Waals surface area contributed by atoms with Crippen LogP contribution in [0.25, 0.3) is 0 Å². The minimum absolute atomic E-state index is 0.0231. The van der Waals surface area contributed by atoms with Gasteiger partial charge in [-0.05, 0) is 57.7 Å². The molecule has 0 unspecified atom stereocenters. The zero-order valence-electron chi connectivity index (χ0n) is 18.6. The van der Waals surface area contributed by atoms with Crippen molar-refractivity contribution in [2.45, 2.75) is 73.0 Å². The van der Waals surface area contributed by atoms with E-state index in [4.69, 9.17) is 0 Å². The number of carbonyl (C=O) groups excluding carboxylic acids is 2. The van der Waals surface area contributed by atoms with E-state index in [9.17, 15) is 9.59 Å². The van der Waals surface area contributed by atoms with Crippen LogP contribution in [-0.2, 0) is 22.6 Å². The smallest absolute Gasteiger partial charge is 0.243 e. The highest BCUT2D eigenvalue weighted by atomic mass is 16.2. The van der Waals surface area contributed by atoms with Crippen molar-refractivity contribution in [1.82, 2.24) is 10.2 Å². The minimum Gasteiger partial charge on any atom is -0.352 e. The summed E-state index contributed by atoms with van der Waals surface area (Å²) in [6, 6.07) is 13.8. The topological polar surface area (TPSA) is 49.4 Å². The third-order valence-electron chi connectivity index (χ3n) is 5.14. The molecular weight excluding hydrogens is 360 g/mol. The Morgan fingerprint density at radius 2 is 1.59 bits per heavy atom. The number of aryl methyl sites for hydroxylation is 3. The van der Waals surface area contributed by atoms with Gasteiger partial charge in [0.2, 0.25) is 11.8 Å². The molecule has 0 spiro atoms. The lowest BCUT2D eigenvalue weighted by molar-refractivity contribution is -0.141. The molecule has 4 nitrogen and oxygen atoms in total. The highest BCUT2D eigenvalue weighted by Crippen LogP contribution is 2.18. The molecular formula is C25H34N2O2. The second kappa shape index (κ2) is 10.2. The molecule has 29 heavy (non-hydrogen) atoms. The van der Waals surface area contributed by atoms with Gasteiger partial charge in [0.25, 0.3) is 0 Å². The van der Waals surface area contributed by atoms with Crippen molar-refractivity contribution in [2.24, 2.45) is 0 Å². The lowest BCUT2D eigenvalue weighted by atomic mass is 10.0. The maximum atomic E-state index is 13.4. The average Bonchev–Trinajstić information content (AvgIpc) is 2.65. The predicted octanol–water partition coefficient (Wildman–Crippen LogP) is 4.49. The van der Waals surface area contributed by atoms with Crippen LogP contribution in [-0.4, -0.2) is 28.8 Å². The molecule has 2 aromatic rings. The molecule has 2 amide bonds. The van der Waals surface area contributed by atoms with Crippen LogP contribution >= 0.6 is 0 Å². The van der Waals surface area contributed by atoms with E-state index in [0.29, 0.717) is 19.4 Å². The molecule has 0 saturated heterocycles. The summed E-state index contributed by atoms with van der Waals surface area (Å²) in [5.41, 5.74) is 5.45. The van der Waals surface area contributed by atoms with Gasteiger partial charge in [-0.1, -0.05) is 60.5 Å². The molecule has 1 N–H and O–H groups in total. The summed E-state index contributed by atoms with van der Waals surface area (Å²) in [5, 5.41) is 2.98. The Kier molecular flexibility index (Phi) is 8.00. The molecule has 0 aliphatic heterocycles. The van der Waals surface area contributed by atoms with Gasteiger partial charge in [0, 0.05) is 12.6 Å². The van der Waals surface area contributed by atoms with Gasteiger partial charge in [-0.25, -0.2) is 0 Å². The van der Waals surface area contributed by atoms with Crippen LogP contribution in [0.1, 0.15) is 55.0 Å². The molecule has 0 aromatic heterocycles. The fraction of sp³-hybridized carbons (Fsp3) is 0.440. The first-order chi connectivity index (χ1) is 13.7. The van der Waals surface area contributed by atoms with Crippen LogP contribution in [0.4, 0.5) is 0 Å². The summed E-state index contributed by atoms with van der Waals surface area (Å²) in [4.78, 5) is 28.0. The van der Waals surface area contributed by atoms with Crippen LogP contribution < -0.4 is 5.32 Å². The van der Waals surface area contributed by atoms with Crippen LogP contribution in [0.15, 0.2) is 42.5 Å². The number of benzene rings is 2. The normalized spacial score (nSPS) is 12.0. The van der Waals surface area contributed by atoms with Crippen molar-refractivity contribution < 1.29 is 9.59 Å². The van der Waals surface area contributed by atoms with Crippen molar-refractivity contribution in [3.63, 3.8) is 0 Å². The third-order valence-corrected chi connectivity index (χ3v) is 5.14. The molecule has 4 heteroatoms. The molecule has 156 valence electrons. The number of nitrogens with one attached hydrogen (secondary N) is 1. The Hall–Kier alpha value is -2.62. The van der Waals surface area contributed by atoms with E-state index in [2.05, 4.69) is 17.4 Å². The van der Waals surface area contributed by atoms with Gasteiger partial charge in [-0.3, -0.25) is 9.59 Å². The van der Waals surface area contributed by atoms with E-state index in [1.54, 1.807) is 4.90 Å². The van der Waals surface area contributed by atoms with Gasteiger partial charge in [-0.2, -0.15) is 0 Å². The minimum atomic E-state index is -0.490. The summed E-state index contributed by atoms with van der Waals surface area (Å²) in [6.45, 7) is 12.3. The number of nitrogens with zero attached hydrogens (tertiary/aromatic N) is 1. The van der Waals surface area contributed by atoms with Gasteiger partial charge < -0.3 is 10.2 Å². The van der Waals surface area contributed by atoms with Crippen molar-refractivity contribution in [2.75, 3.05) is 0 Å². The summed E-state index contributed by atoms with van der Waals surface area (Å²) >= 11 is 0. The summed E-state index contributed by atoms with van der Waals surface area (Å²) < 4.78 is 0. The Morgan fingerprint density at radius 1 is 0.966 bits per heavy atom. The maximum absolute atomic E-state index is 13.4. The quantitative estimate of drug-likeness (QED) is 0.717. The molecule has 0 radical (unpaired) electrons. The second-order valence-electron chi connectivity index (χ2n) is 8.20. The fourth-order valence-electron chi connectivity index (χ4n) is 3.45. The van der Waals surface area contributed by atoms with E-state index in [0.717, 1.165) is 22.3 Å². The first-order valence-electron chi connectivity index (χ1n) is 10.4. The highest BCUT2D eigenvalue weighted by Gasteiger charge is 2.29. The lowest BCUT2D eigenvalue weighted by Gasteiger charge is -2.31. The lowest BCUT2D eigenvalue weighted by Crippen LogP contribution is -2.50. The summed E-state index contributed by atoms with van der Waals surface area (Å²) in [5.74, 6) is -0.117. The van der Waals surface area contributed by atoms with Gasteiger partial charge in [0.05, 0.1) is 6.42 Å². The van der Waals surface area contributed by atoms with Crippen LogP contribution in [0.2, 0.25) is 0 Å². The first kappa shape index (κ1) is 22.7. The van der Waals surface area contributed by atoms with Gasteiger partial charge in [-0.15, -0.1) is 0 Å². The second-order valence-corrected chi connectivity index (χ2v) is 8.20. The Bertz CT molecular complexity index is 840. The maximum Gasteiger partial charge on any atom is 0.243 e. The molecule has 1 atom stereocenters. The molecule has 0 saturated carbocycles. The van der Waals surface area contributed by atoms with Crippen LogP contribution in [0.5, 0.6) is 0 Å². The number of carbonyl (C=O) groups is 2. The van der Waals surface area contributed by atoms with Crippen molar-refractivity contribution >= 4 is 11.8 Å². The first-order valence-corrected chi connectivity index (χ1v) is 10.4. The Balaban J connectivity index is 2.33. The summed E-state index contributed by atoms with van der Waals surface area (Å²) in [6.07, 6.45) is 0.869. The molecule has 0 heterocycles. The van der Waals surface area contributed by atoms with E-state index >= 15 is 0 Å². The SMILES string of the molecule is CC[C@@H](C(=O)NC(C)C)N(Cc1ccc(C)cc1)C(=O)Cc1cc(C)ccc1C. The van der Waals surface area contributed by atoms with Gasteiger partial charge in [0.1, 0.15) is 6.04 Å². The zero-order valence-corrected chi connectivity index (χ0v) is 18.6. The number of amides is 2. The monoisotopic (exact) mass is 394 g/mol. The van der Waals surface area contributed by atoms with E-state index < -0.39 is 6.04 Å². The number of hydrogen-bond acceptors (Lipinski definition) is 2. The average molecular weight is 395 g/mol. The van der Waals surface area contributed by atoms with E-state index in [1.165, 1.54) is 5.56 Å². The Labute approximate surface area is 175 Å².